The average Bonchev–Trinajstić information content (AvgIpc) is 3.51. The van der Waals surface area contributed by atoms with Gasteiger partial charge >= 0.3 is 5.84 Å². The molecule has 6 rings (SSSR count). The minimum Gasteiger partial charge on any atom is -0.265 e. The standard InChI is InChI=1S/C24H20B.C14H20N5/c1-5-13-21(14-6-1)25(22-15-7-2-8-16-22,23-17-9-3-10-18-23)24-19-11-4-12-20-24;1-17(2)14(18(3)4)13-11-19(16-15-13)10-12-8-6-5-7-9-12/h1-20H;5-9,11H,10H2,1-4H3/q-1;+1. The molecule has 6 heteroatoms. The van der Waals surface area contributed by atoms with Crippen molar-refractivity contribution < 1.29 is 4.58 Å². The Hall–Kier alpha value is -5.23. The Bertz CT molecular complexity index is 1580. The van der Waals surface area contributed by atoms with Gasteiger partial charge in [-0.15, -0.1) is 5.10 Å². The van der Waals surface area contributed by atoms with Crippen molar-refractivity contribution in [1.29, 1.82) is 0 Å². The fourth-order valence-corrected chi connectivity index (χ4v) is 6.23. The Labute approximate surface area is 261 Å². The maximum atomic E-state index is 4.25. The summed E-state index contributed by atoms with van der Waals surface area (Å²) in [6.07, 6.45) is 0.759. The Morgan fingerprint density at radius 2 is 0.955 bits per heavy atom. The van der Waals surface area contributed by atoms with E-state index in [1.54, 1.807) is 0 Å². The number of benzene rings is 5. The number of hydrogen-bond acceptors (Lipinski definition) is 2. The Morgan fingerprint density at radius 3 is 1.30 bits per heavy atom. The van der Waals surface area contributed by atoms with Gasteiger partial charge in [0.1, 0.15) is 6.15 Å². The summed E-state index contributed by atoms with van der Waals surface area (Å²) in [5.74, 6) is 1.04. The quantitative estimate of drug-likeness (QED) is 0.125. The molecule has 0 spiro atoms. The van der Waals surface area contributed by atoms with Crippen LogP contribution in [0.15, 0.2) is 158 Å². The normalized spacial score (nSPS) is 10.8. The van der Waals surface area contributed by atoms with Gasteiger partial charge in [0.15, 0.2) is 5.69 Å². The summed E-state index contributed by atoms with van der Waals surface area (Å²) in [7, 11) is 8.02. The first-order valence-electron chi connectivity index (χ1n) is 15.0. The molecule has 0 amide bonds. The molecule has 6 aromatic rings. The van der Waals surface area contributed by atoms with Gasteiger partial charge in [0, 0.05) is 0 Å². The summed E-state index contributed by atoms with van der Waals surface area (Å²) in [6, 6.07) is 53.8. The van der Waals surface area contributed by atoms with Crippen molar-refractivity contribution in [2.24, 2.45) is 0 Å². The van der Waals surface area contributed by atoms with Crippen LogP contribution in [0.4, 0.5) is 0 Å². The third kappa shape index (κ3) is 6.71. The van der Waals surface area contributed by atoms with Crippen LogP contribution < -0.4 is 21.9 Å². The van der Waals surface area contributed by atoms with Gasteiger partial charge in [0.2, 0.25) is 0 Å². The summed E-state index contributed by atoms with van der Waals surface area (Å²) in [5, 5.41) is 8.44. The van der Waals surface area contributed by atoms with Crippen LogP contribution in [0, 0.1) is 0 Å². The van der Waals surface area contributed by atoms with E-state index < -0.39 is 6.15 Å². The van der Waals surface area contributed by atoms with Gasteiger partial charge in [-0.25, -0.2) is 4.68 Å². The zero-order valence-corrected chi connectivity index (χ0v) is 26.0. The number of aromatic nitrogens is 3. The Kier molecular flexibility index (Phi) is 9.83. The third-order valence-electron chi connectivity index (χ3n) is 8.00. The highest BCUT2D eigenvalue weighted by molar-refractivity contribution is 7.19. The van der Waals surface area contributed by atoms with Crippen molar-refractivity contribution in [2.75, 3.05) is 28.2 Å². The lowest BCUT2D eigenvalue weighted by molar-refractivity contribution is -0.469. The zero-order chi connectivity index (χ0) is 30.8. The molecule has 0 aliphatic carbocycles. The van der Waals surface area contributed by atoms with Crippen LogP contribution in [0.2, 0.25) is 0 Å². The van der Waals surface area contributed by atoms with Crippen molar-refractivity contribution in [3.63, 3.8) is 0 Å². The zero-order valence-electron chi connectivity index (χ0n) is 26.0. The fourth-order valence-electron chi connectivity index (χ4n) is 6.23. The van der Waals surface area contributed by atoms with Crippen LogP contribution in [0.5, 0.6) is 0 Å². The number of rotatable bonds is 7. The van der Waals surface area contributed by atoms with Gasteiger partial charge in [-0.1, -0.05) is 157 Å². The van der Waals surface area contributed by atoms with E-state index >= 15 is 0 Å². The minimum absolute atomic E-state index is 0.738. The Morgan fingerprint density at radius 1 is 0.591 bits per heavy atom. The highest BCUT2D eigenvalue weighted by Gasteiger charge is 2.31. The van der Waals surface area contributed by atoms with Gasteiger partial charge in [-0.3, -0.25) is 9.48 Å². The van der Waals surface area contributed by atoms with Crippen LogP contribution in [0.3, 0.4) is 0 Å². The topological polar surface area (TPSA) is 37.0 Å². The van der Waals surface area contributed by atoms with Gasteiger partial charge in [-0.2, -0.15) is 21.9 Å². The molecular weight excluding hydrogens is 537 g/mol. The highest BCUT2D eigenvalue weighted by Crippen LogP contribution is 2.09. The molecule has 0 aliphatic heterocycles. The predicted octanol–water partition coefficient (Wildman–Crippen LogP) is 3.97. The first-order chi connectivity index (χ1) is 21.5. The lowest BCUT2D eigenvalue weighted by atomic mass is 9.13. The first-order valence-corrected chi connectivity index (χ1v) is 15.0. The SMILES string of the molecule is CN(C)C(c1cn(Cc2ccccc2)nn1)=[N+](C)C.c1ccc([B-](c2ccccc2)(c2ccccc2)c2ccccc2)cc1. The summed E-state index contributed by atoms with van der Waals surface area (Å²) in [5.41, 5.74) is 7.45. The number of amidine groups is 1. The maximum absolute atomic E-state index is 4.25. The molecule has 1 aromatic heterocycles. The molecule has 0 bridgehead atoms. The van der Waals surface area contributed by atoms with Crippen LogP contribution >= 0.6 is 0 Å². The molecule has 0 N–H and O–H groups in total. The molecule has 0 aliphatic rings. The van der Waals surface area contributed by atoms with E-state index in [-0.39, 0.29) is 0 Å². The summed E-state index contributed by atoms with van der Waals surface area (Å²) in [6.45, 7) is 0.738. The average molecular weight is 578 g/mol. The van der Waals surface area contributed by atoms with Crippen molar-refractivity contribution in [1.82, 2.24) is 19.9 Å². The summed E-state index contributed by atoms with van der Waals surface area (Å²) < 4.78 is 3.90. The predicted molar refractivity (Wildman–Crippen MR) is 186 cm³/mol. The van der Waals surface area contributed by atoms with E-state index in [4.69, 9.17) is 0 Å². The van der Waals surface area contributed by atoms with Gasteiger partial charge < -0.3 is 0 Å². The van der Waals surface area contributed by atoms with Crippen molar-refractivity contribution in [3.05, 3.63) is 169 Å². The second kappa shape index (κ2) is 14.3. The lowest BCUT2D eigenvalue weighted by Crippen LogP contribution is -2.74. The van der Waals surface area contributed by atoms with Crippen LogP contribution in [-0.4, -0.2) is 64.6 Å². The molecule has 0 unspecified atom stereocenters. The third-order valence-corrected chi connectivity index (χ3v) is 8.00. The molecule has 5 aromatic carbocycles. The first kappa shape index (κ1) is 30.2. The van der Waals surface area contributed by atoms with E-state index in [2.05, 4.69) is 144 Å². The second-order valence-electron chi connectivity index (χ2n) is 11.4. The van der Waals surface area contributed by atoms with Gasteiger partial charge in [-0.05, 0) is 5.56 Å². The Balaban J connectivity index is 0.000000182. The van der Waals surface area contributed by atoms with Crippen LogP contribution in [0.25, 0.3) is 0 Å². The molecule has 0 saturated heterocycles. The van der Waals surface area contributed by atoms with Crippen LogP contribution in [0.1, 0.15) is 11.3 Å². The van der Waals surface area contributed by atoms with E-state index in [9.17, 15) is 0 Å². The monoisotopic (exact) mass is 577 g/mol. The minimum atomic E-state index is -1.22. The smallest absolute Gasteiger partial charge is 0.265 e. The van der Waals surface area contributed by atoms with Crippen molar-refractivity contribution in [3.8, 4) is 0 Å². The molecule has 5 nitrogen and oxygen atoms in total. The van der Waals surface area contributed by atoms with E-state index in [1.807, 2.05) is 66.7 Å². The molecule has 220 valence electrons. The van der Waals surface area contributed by atoms with Gasteiger partial charge in [0.25, 0.3) is 0 Å². The molecule has 0 radical (unpaired) electrons. The largest absolute Gasteiger partial charge is 0.300 e. The molecular formula is C38H40BN5. The molecule has 0 fully saturated rings. The highest BCUT2D eigenvalue weighted by atomic mass is 15.4. The lowest BCUT2D eigenvalue weighted by Gasteiger charge is -2.44. The van der Waals surface area contributed by atoms with Crippen molar-refractivity contribution in [2.45, 2.75) is 6.54 Å². The molecule has 1 heterocycles. The molecule has 44 heavy (non-hydrogen) atoms. The maximum Gasteiger partial charge on any atom is 0.300 e. The molecule has 0 saturated carbocycles. The van der Waals surface area contributed by atoms with E-state index in [1.165, 1.54) is 27.4 Å². The number of nitrogens with zero attached hydrogens (tertiary/aromatic N) is 5. The second-order valence-corrected chi connectivity index (χ2v) is 11.4. The van der Waals surface area contributed by atoms with Crippen LogP contribution in [-0.2, 0) is 6.54 Å². The van der Waals surface area contributed by atoms with Gasteiger partial charge in [0.05, 0.1) is 40.9 Å². The fraction of sp³-hybridized carbons (Fsp3) is 0.132. The summed E-state index contributed by atoms with van der Waals surface area (Å²) >= 11 is 0. The molecule has 0 atom stereocenters. The summed E-state index contributed by atoms with van der Waals surface area (Å²) in [4.78, 5) is 2.04. The van der Waals surface area contributed by atoms with E-state index in [0.717, 1.165) is 18.1 Å². The number of hydrogen-bond donors (Lipinski definition) is 0. The van der Waals surface area contributed by atoms with Crippen molar-refractivity contribution >= 4 is 33.8 Å². The van der Waals surface area contributed by atoms with E-state index in [0.29, 0.717) is 0 Å².